The maximum Gasteiger partial charge on any atom is 0.258 e. The Bertz CT molecular complexity index is 919. The summed E-state index contributed by atoms with van der Waals surface area (Å²) in [5.74, 6) is 1.44. The van der Waals surface area contributed by atoms with Crippen molar-refractivity contribution in [2.45, 2.75) is 18.8 Å². The van der Waals surface area contributed by atoms with Crippen molar-refractivity contribution in [1.29, 1.82) is 0 Å². The SMILES string of the molecule is Cl.Cn1nc(C2CCNCC2)nc1NC(=O)c1ccc2ncccc2c1. The molecule has 0 unspecified atom stereocenters. The number of piperidine rings is 1. The van der Waals surface area contributed by atoms with Gasteiger partial charge in [-0.25, -0.2) is 4.68 Å². The number of anilines is 1. The van der Waals surface area contributed by atoms with Crippen molar-refractivity contribution in [2.24, 2.45) is 7.05 Å². The summed E-state index contributed by atoms with van der Waals surface area (Å²) in [6, 6.07) is 9.26. The second-order valence-electron chi connectivity index (χ2n) is 6.31. The van der Waals surface area contributed by atoms with E-state index in [4.69, 9.17) is 0 Å². The molecule has 1 amide bonds. The summed E-state index contributed by atoms with van der Waals surface area (Å²) in [7, 11) is 1.80. The molecule has 1 aliphatic heterocycles. The van der Waals surface area contributed by atoms with Crippen LogP contribution in [0.3, 0.4) is 0 Å². The van der Waals surface area contributed by atoms with Crippen molar-refractivity contribution in [3.63, 3.8) is 0 Å². The highest BCUT2D eigenvalue weighted by Crippen LogP contribution is 2.23. The third kappa shape index (κ3) is 3.68. The Labute approximate surface area is 157 Å². The largest absolute Gasteiger partial charge is 0.317 e. The van der Waals surface area contributed by atoms with Crippen molar-refractivity contribution in [2.75, 3.05) is 18.4 Å². The van der Waals surface area contributed by atoms with Crippen LogP contribution in [-0.4, -0.2) is 38.7 Å². The third-order valence-corrected chi connectivity index (χ3v) is 4.57. The molecule has 3 heterocycles. The normalized spacial score (nSPS) is 14.8. The lowest BCUT2D eigenvalue weighted by Crippen LogP contribution is -2.27. The molecule has 0 radical (unpaired) electrons. The van der Waals surface area contributed by atoms with Crippen molar-refractivity contribution in [1.82, 2.24) is 25.1 Å². The lowest BCUT2D eigenvalue weighted by molar-refractivity contribution is 0.102. The van der Waals surface area contributed by atoms with E-state index in [1.165, 1.54) is 0 Å². The van der Waals surface area contributed by atoms with Crippen LogP contribution in [-0.2, 0) is 7.05 Å². The molecule has 3 aromatic rings. The van der Waals surface area contributed by atoms with E-state index in [0.717, 1.165) is 42.7 Å². The molecular weight excluding hydrogens is 352 g/mol. The zero-order valence-corrected chi connectivity index (χ0v) is 15.3. The molecule has 1 aliphatic rings. The van der Waals surface area contributed by atoms with E-state index in [0.29, 0.717) is 17.4 Å². The van der Waals surface area contributed by atoms with Gasteiger partial charge in [0.2, 0.25) is 5.95 Å². The lowest BCUT2D eigenvalue weighted by Gasteiger charge is -2.19. The number of hydrogen-bond acceptors (Lipinski definition) is 5. The molecule has 1 saturated heterocycles. The zero-order chi connectivity index (χ0) is 17.2. The first kappa shape index (κ1) is 18.3. The number of aromatic nitrogens is 4. The first-order chi connectivity index (χ1) is 12.2. The predicted octanol–water partition coefficient (Wildman–Crippen LogP) is 2.50. The van der Waals surface area contributed by atoms with Gasteiger partial charge in [-0.15, -0.1) is 12.4 Å². The monoisotopic (exact) mass is 372 g/mol. The van der Waals surface area contributed by atoms with Crippen LogP contribution in [0.25, 0.3) is 10.9 Å². The number of nitrogens with zero attached hydrogens (tertiary/aromatic N) is 4. The summed E-state index contributed by atoms with van der Waals surface area (Å²) >= 11 is 0. The van der Waals surface area contributed by atoms with Crippen LogP contribution >= 0.6 is 12.4 Å². The van der Waals surface area contributed by atoms with Gasteiger partial charge in [-0.1, -0.05) is 6.07 Å². The number of nitrogens with one attached hydrogen (secondary N) is 2. The Kier molecular flexibility index (Phi) is 5.49. The topological polar surface area (TPSA) is 84.7 Å². The number of rotatable bonds is 3. The fourth-order valence-corrected chi connectivity index (χ4v) is 3.16. The molecule has 1 fully saturated rings. The van der Waals surface area contributed by atoms with Gasteiger partial charge >= 0.3 is 0 Å². The van der Waals surface area contributed by atoms with Crippen LogP contribution in [0, 0.1) is 0 Å². The molecule has 0 aliphatic carbocycles. The van der Waals surface area contributed by atoms with E-state index < -0.39 is 0 Å². The Hall–Kier alpha value is -2.51. The van der Waals surface area contributed by atoms with Crippen LogP contribution < -0.4 is 10.6 Å². The highest BCUT2D eigenvalue weighted by Gasteiger charge is 2.21. The Morgan fingerprint density at radius 2 is 2.08 bits per heavy atom. The Morgan fingerprint density at radius 1 is 1.27 bits per heavy atom. The van der Waals surface area contributed by atoms with Crippen molar-refractivity contribution >= 4 is 35.2 Å². The fraction of sp³-hybridized carbons (Fsp3) is 0.333. The quantitative estimate of drug-likeness (QED) is 0.737. The van der Waals surface area contributed by atoms with Crippen LogP contribution in [0.4, 0.5) is 5.95 Å². The van der Waals surface area contributed by atoms with Gasteiger partial charge in [-0.3, -0.25) is 15.1 Å². The van der Waals surface area contributed by atoms with E-state index in [2.05, 4.69) is 25.7 Å². The smallest absolute Gasteiger partial charge is 0.258 e. The second kappa shape index (κ2) is 7.80. The van der Waals surface area contributed by atoms with E-state index in [1.54, 1.807) is 24.0 Å². The molecule has 1 aromatic carbocycles. The molecule has 2 N–H and O–H groups in total. The number of fused-ring (bicyclic) bond motifs is 1. The maximum absolute atomic E-state index is 12.6. The Morgan fingerprint density at radius 3 is 2.88 bits per heavy atom. The van der Waals surface area contributed by atoms with Gasteiger partial charge < -0.3 is 5.32 Å². The maximum atomic E-state index is 12.6. The third-order valence-electron chi connectivity index (χ3n) is 4.57. The number of carbonyl (C=O) groups excluding carboxylic acids is 1. The molecule has 26 heavy (non-hydrogen) atoms. The van der Waals surface area contributed by atoms with Gasteiger partial charge in [0.25, 0.3) is 5.91 Å². The van der Waals surface area contributed by atoms with E-state index >= 15 is 0 Å². The number of amides is 1. The number of aryl methyl sites for hydroxylation is 1. The minimum absolute atomic E-state index is 0. The van der Waals surface area contributed by atoms with Crippen molar-refractivity contribution < 1.29 is 4.79 Å². The highest BCUT2D eigenvalue weighted by molar-refractivity contribution is 6.05. The average molecular weight is 373 g/mol. The summed E-state index contributed by atoms with van der Waals surface area (Å²) in [5.41, 5.74) is 1.44. The zero-order valence-electron chi connectivity index (χ0n) is 14.5. The molecule has 136 valence electrons. The van der Waals surface area contributed by atoms with Crippen LogP contribution in [0.15, 0.2) is 36.5 Å². The molecular formula is C18H21ClN6O. The van der Waals surface area contributed by atoms with Crippen molar-refractivity contribution in [3.8, 4) is 0 Å². The van der Waals surface area contributed by atoms with E-state index in [9.17, 15) is 4.79 Å². The van der Waals surface area contributed by atoms with Gasteiger partial charge in [0.1, 0.15) is 0 Å². The number of benzene rings is 1. The summed E-state index contributed by atoms with van der Waals surface area (Å²) in [6.45, 7) is 1.96. The van der Waals surface area contributed by atoms with Crippen LogP contribution in [0.2, 0.25) is 0 Å². The molecule has 0 spiro atoms. The molecule has 4 rings (SSSR count). The lowest BCUT2D eigenvalue weighted by atomic mass is 9.98. The number of halogens is 1. The summed E-state index contributed by atoms with van der Waals surface area (Å²) in [4.78, 5) is 21.4. The average Bonchev–Trinajstić information content (AvgIpc) is 3.02. The van der Waals surface area contributed by atoms with Gasteiger partial charge in [0.15, 0.2) is 5.82 Å². The molecule has 7 nitrogen and oxygen atoms in total. The summed E-state index contributed by atoms with van der Waals surface area (Å²) < 4.78 is 1.64. The van der Waals surface area contributed by atoms with Crippen LogP contribution in [0.5, 0.6) is 0 Å². The summed E-state index contributed by atoms with van der Waals surface area (Å²) in [6.07, 6.45) is 3.79. The fourth-order valence-electron chi connectivity index (χ4n) is 3.16. The molecule has 0 saturated carbocycles. The van der Waals surface area contributed by atoms with Gasteiger partial charge in [-0.05, 0) is 50.2 Å². The van der Waals surface area contributed by atoms with Gasteiger partial charge in [0.05, 0.1) is 5.52 Å². The first-order valence-corrected chi connectivity index (χ1v) is 8.48. The molecule has 0 bridgehead atoms. The number of hydrogen-bond donors (Lipinski definition) is 2. The highest BCUT2D eigenvalue weighted by atomic mass is 35.5. The summed E-state index contributed by atoms with van der Waals surface area (Å²) in [5, 5.41) is 11.6. The second-order valence-corrected chi connectivity index (χ2v) is 6.31. The van der Waals surface area contributed by atoms with Gasteiger partial charge in [-0.2, -0.15) is 10.1 Å². The minimum Gasteiger partial charge on any atom is -0.317 e. The predicted molar refractivity (Wildman–Crippen MR) is 103 cm³/mol. The molecule has 0 atom stereocenters. The van der Waals surface area contributed by atoms with E-state index in [-0.39, 0.29) is 18.3 Å². The van der Waals surface area contributed by atoms with Crippen molar-refractivity contribution in [3.05, 3.63) is 47.9 Å². The number of pyridine rings is 1. The Balaban J connectivity index is 0.00000196. The van der Waals surface area contributed by atoms with E-state index in [1.807, 2.05) is 24.3 Å². The molecule has 8 heteroatoms. The standard InChI is InChI=1S/C18H20N6O.ClH/c1-24-18(21-16(23-24)12-6-9-19-10-7-12)22-17(25)14-4-5-15-13(11-14)3-2-8-20-15;/h2-5,8,11-12,19H,6-7,9-10H2,1H3,(H,21,22,23,25);1H. The first-order valence-electron chi connectivity index (χ1n) is 8.48. The van der Waals surface area contributed by atoms with Crippen LogP contribution in [0.1, 0.15) is 34.9 Å². The van der Waals surface area contributed by atoms with Gasteiger partial charge in [0, 0.05) is 30.1 Å². The minimum atomic E-state index is -0.196. The molecule has 2 aromatic heterocycles. The number of carbonyl (C=O) groups is 1.